The summed E-state index contributed by atoms with van der Waals surface area (Å²) in [5.41, 5.74) is 3.26. The van der Waals surface area contributed by atoms with Crippen molar-refractivity contribution in [1.29, 1.82) is 0 Å². The number of piperidine rings is 1. The predicted molar refractivity (Wildman–Crippen MR) is 105 cm³/mol. The first-order valence-electron chi connectivity index (χ1n) is 9.93. The molecule has 2 saturated heterocycles. The second kappa shape index (κ2) is 5.89. The summed E-state index contributed by atoms with van der Waals surface area (Å²) >= 11 is 0. The van der Waals surface area contributed by atoms with E-state index in [0.717, 1.165) is 11.3 Å². The van der Waals surface area contributed by atoms with Gasteiger partial charge in [-0.3, -0.25) is 9.59 Å². The maximum Gasteiger partial charge on any atom is 0.245 e. The fourth-order valence-electron chi connectivity index (χ4n) is 5.35. The minimum Gasteiger partial charge on any atom is -0.454 e. The summed E-state index contributed by atoms with van der Waals surface area (Å²) in [5, 5.41) is 3.64. The Balaban J connectivity index is 1.49. The topological polar surface area (TPSA) is 71.1 Å². The van der Waals surface area contributed by atoms with Crippen molar-refractivity contribution in [3.8, 4) is 11.5 Å². The van der Waals surface area contributed by atoms with Gasteiger partial charge < -0.3 is 24.6 Å². The van der Waals surface area contributed by atoms with Gasteiger partial charge >= 0.3 is 0 Å². The predicted octanol–water partition coefficient (Wildman–Crippen LogP) is 2.11. The van der Waals surface area contributed by atoms with Gasteiger partial charge in [0.2, 0.25) is 18.6 Å². The molecule has 0 aromatic heterocycles. The van der Waals surface area contributed by atoms with Gasteiger partial charge in [0.1, 0.15) is 6.04 Å². The molecule has 148 valence electrons. The van der Waals surface area contributed by atoms with Crippen molar-refractivity contribution in [1.82, 2.24) is 9.80 Å². The van der Waals surface area contributed by atoms with Gasteiger partial charge in [-0.05, 0) is 35.7 Å². The number of carbonyl (C=O) groups is 2. The highest BCUT2D eigenvalue weighted by atomic mass is 16.7. The fraction of sp³-hybridized carbons (Fsp3) is 0.364. The van der Waals surface area contributed by atoms with Crippen LogP contribution < -0.4 is 14.8 Å². The zero-order valence-electron chi connectivity index (χ0n) is 16.0. The van der Waals surface area contributed by atoms with E-state index in [4.69, 9.17) is 9.47 Å². The Bertz CT molecular complexity index is 1040. The molecule has 4 aliphatic heterocycles. The van der Waals surface area contributed by atoms with Gasteiger partial charge in [-0.2, -0.15) is 0 Å². The highest BCUT2D eigenvalue weighted by Gasteiger charge is 2.54. The highest BCUT2D eigenvalue weighted by Crippen LogP contribution is 2.51. The molecule has 0 spiro atoms. The van der Waals surface area contributed by atoms with Crippen LogP contribution in [0.3, 0.4) is 0 Å². The molecule has 0 aliphatic carbocycles. The molecule has 0 radical (unpaired) electrons. The van der Waals surface area contributed by atoms with Crippen molar-refractivity contribution < 1.29 is 19.1 Å². The van der Waals surface area contributed by atoms with Gasteiger partial charge in [-0.25, -0.2) is 0 Å². The summed E-state index contributed by atoms with van der Waals surface area (Å²) in [6, 6.07) is 13.4. The summed E-state index contributed by atoms with van der Waals surface area (Å²) in [7, 11) is 1.71. The van der Waals surface area contributed by atoms with Crippen molar-refractivity contribution in [2.45, 2.75) is 30.5 Å². The van der Waals surface area contributed by atoms with Crippen LogP contribution in [-0.4, -0.2) is 54.1 Å². The lowest BCUT2D eigenvalue weighted by Gasteiger charge is -2.51. The van der Waals surface area contributed by atoms with Crippen LogP contribution in [0.1, 0.15) is 29.5 Å². The van der Waals surface area contributed by atoms with Crippen molar-refractivity contribution in [2.24, 2.45) is 0 Å². The maximum atomic E-state index is 13.1. The van der Waals surface area contributed by atoms with Crippen LogP contribution in [-0.2, 0) is 9.59 Å². The summed E-state index contributed by atoms with van der Waals surface area (Å²) in [6.45, 7) is 0.314. The molecule has 2 aromatic rings. The molecule has 6 rings (SSSR count). The Kier molecular flexibility index (Phi) is 3.39. The van der Waals surface area contributed by atoms with Crippen LogP contribution in [0.5, 0.6) is 11.5 Å². The molecule has 4 aliphatic rings. The minimum absolute atomic E-state index is 0.00387. The number of nitrogens with zero attached hydrogens (tertiary/aromatic N) is 2. The molecule has 4 atom stereocenters. The Morgan fingerprint density at radius 2 is 1.90 bits per heavy atom. The second-order valence-electron chi connectivity index (χ2n) is 8.17. The van der Waals surface area contributed by atoms with Crippen LogP contribution in [0.25, 0.3) is 0 Å². The molecule has 4 heterocycles. The van der Waals surface area contributed by atoms with Crippen LogP contribution in [0.15, 0.2) is 42.5 Å². The molecule has 29 heavy (non-hydrogen) atoms. The number of ether oxygens (including phenoxy) is 2. The average Bonchev–Trinajstić information content (AvgIpc) is 3.34. The van der Waals surface area contributed by atoms with E-state index >= 15 is 0 Å². The molecular weight excluding hydrogens is 370 g/mol. The average molecular weight is 391 g/mol. The molecule has 0 bridgehead atoms. The summed E-state index contributed by atoms with van der Waals surface area (Å²) in [4.78, 5) is 29.5. The molecule has 7 heteroatoms. The van der Waals surface area contributed by atoms with Crippen LogP contribution in [0, 0.1) is 0 Å². The van der Waals surface area contributed by atoms with Gasteiger partial charge in [0.05, 0.1) is 18.6 Å². The SMILES string of the molecule is CN1CC(=O)N2[C@H](CC3c4ccccc4NC3[C@H]2c2ccc3c(c2)OCO3)C1=O. The third-order valence-electron chi connectivity index (χ3n) is 6.63. The van der Waals surface area contributed by atoms with Gasteiger partial charge in [0.25, 0.3) is 0 Å². The lowest BCUT2D eigenvalue weighted by molar-refractivity contribution is -0.161. The number of likely N-dealkylation sites (N-methyl/N-ethyl adjacent to an activating group) is 1. The molecule has 7 nitrogen and oxygen atoms in total. The number of nitrogens with one attached hydrogen (secondary N) is 1. The summed E-state index contributed by atoms with van der Waals surface area (Å²) in [6.07, 6.45) is 0.630. The number of hydrogen-bond donors (Lipinski definition) is 1. The number of amides is 2. The van der Waals surface area contributed by atoms with Crippen LogP contribution >= 0.6 is 0 Å². The van der Waals surface area contributed by atoms with E-state index in [0.29, 0.717) is 17.9 Å². The third kappa shape index (κ3) is 2.30. The molecule has 2 amide bonds. The van der Waals surface area contributed by atoms with Crippen molar-refractivity contribution in [2.75, 3.05) is 25.7 Å². The summed E-state index contributed by atoms with van der Waals surface area (Å²) in [5.74, 6) is 1.55. The Labute approximate surface area is 168 Å². The Morgan fingerprint density at radius 1 is 1.07 bits per heavy atom. The van der Waals surface area contributed by atoms with Gasteiger partial charge in [0, 0.05) is 18.7 Å². The molecule has 2 aromatic carbocycles. The largest absolute Gasteiger partial charge is 0.454 e. The van der Waals surface area contributed by atoms with E-state index in [9.17, 15) is 9.59 Å². The quantitative estimate of drug-likeness (QED) is 0.806. The normalized spacial score (nSPS) is 29.3. The highest BCUT2D eigenvalue weighted by molar-refractivity contribution is 5.95. The molecule has 0 saturated carbocycles. The first kappa shape index (κ1) is 16.7. The lowest BCUT2D eigenvalue weighted by Crippen LogP contribution is -2.64. The molecule has 1 N–H and O–H groups in total. The monoisotopic (exact) mass is 391 g/mol. The number of hydrogen-bond acceptors (Lipinski definition) is 5. The number of para-hydroxylation sites is 1. The van der Waals surface area contributed by atoms with E-state index < -0.39 is 6.04 Å². The number of benzene rings is 2. The fourth-order valence-corrected chi connectivity index (χ4v) is 5.35. The Hall–Kier alpha value is -3.22. The second-order valence-corrected chi connectivity index (χ2v) is 8.17. The minimum atomic E-state index is -0.453. The van der Waals surface area contributed by atoms with Crippen LogP contribution in [0.2, 0.25) is 0 Å². The molecular formula is C22H21N3O4. The number of carbonyl (C=O) groups excluding carboxylic acids is 2. The lowest BCUT2D eigenvalue weighted by atomic mass is 9.76. The molecule has 2 fully saturated rings. The molecule has 2 unspecified atom stereocenters. The number of piperazine rings is 1. The summed E-state index contributed by atoms with van der Waals surface area (Å²) < 4.78 is 11.0. The first-order chi connectivity index (χ1) is 14.1. The van der Waals surface area contributed by atoms with Crippen molar-refractivity contribution in [3.63, 3.8) is 0 Å². The zero-order chi connectivity index (χ0) is 19.7. The Morgan fingerprint density at radius 3 is 2.79 bits per heavy atom. The third-order valence-corrected chi connectivity index (χ3v) is 6.63. The zero-order valence-corrected chi connectivity index (χ0v) is 16.0. The van der Waals surface area contributed by atoms with Crippen molar-refractivity contribution >= 4 is 17.5 Å². The van der Waals surface area contributed by atoms with E-state index in [-0.39, 0.29) is 43.2 Å². The van der Waals surface area contributed by atoms with Gasteiger partial charge in [-0.1, -0.05) is 24.3 Å². The number of fused-ring (bicyclic) bond motifs is 5. The smallest absolute Gasteiger partial charge is 0.245 e. The van der Waals surface area contributed by atoms with Crippen LogP contribution in [0.4, 0.5) is 5.69 Å². The first-order valence-corrected chi connectivity index (χ1v) is 9.93. The maximum absolute atomic E-state index is 13.1. The van der Waals surface area contributed by atoms with Crippen molar-refractivity contribution in [3.05, 3.63) is 53.6 Å². The number of rotatable bonds is 1. The standard InChI is InChI=1S/C22H21N3O4/c1-24-10-19(26)25-16(22(24)27)9-14-13-4-2-3-5-15(13)23-20(14)21(25)12-6-7-17-18(8-12)29-11-28-17/h2-8,14,16,20-21,23H,9-11H2,1H3/t14?,16-,20?,21-/m1/s1. The van der Waals surface area contributed by atoms with E-state index in [1.165, 1.54) is 5.56 Å². The van der Waals surface area contributed by atoms with E-state index in [1.807, 2.05) is 30.3 Å². The van der Waals surface area contributed by atoms with E-state index in [2.05, 4.69) is 17.4 Å². The van der Waals surface area contributed by atoms with Gasteiger partial charge in [-0.15, -0.1) is 0 Å². The number of anilines is 1. The van der Waals surface area contributed by atoms with Gasteiger partial charge in [0.15, 0.2) is 11.5 Å². The van der Waals surface area contributed by atoms with E-state index in [1.54, 1.807) is 16.8 Å².